The van der Waals surface area contributed by atoms with E-state index in [-0.39, 0.29) is 35.1 Å². The maximum atomic E-state index is 11.7. The van der Waals surface area contributed by atoms with Crippen LogP contribution in [-0.4, -0.2) is 188 Å². The van der Waals surface area contributed by atoms with Gasteiger partial charge >= 0.3 is 0 Å². The number of carbonyl (C=O) groups excluding carboxylic acids is 2. The number of aromatic nitrogens is 28. The molecule has 16 aromatic heterocycles. The smallest absolute Gasteiger partial charge is 0.154 e. The van der Waals surface area contributed by atoms with E-state index in [1.807, 2.05) is 170 Å². The van der Waals surface area contributed by atoms with Crippen molar-refractivity contribution in [3.8, 4) is 90.1 Å². The number of ketones is 2. The number of sulfone groups is 2. The molecule has 36 heteroatoms. The van der Waals surface area contributed by atoms with Crippen LogP contribution in [-0.2, 0) is 42.4 Å². The highest BCUT2D eigenvalue weighted by Crippen LogP contribution is 2.37. The molecule has 638 valence electrons. The van der Waals surface area contributed by atoms with Gasteiger partial charge in [0.2, 0.25) is 0 Å². The van der Waals surface area contributed by atoms with Gasteiger partial charge in [-0.05, 0) is 114 Å². The van der Waals surface area contributed by atoms with Crippen molar-refractivity contribution in [1.82, 2.24) is 137 Å². The summed E-state index contributed by atoms with van der Waals surface area (Å²) in [6.07, 6.45) is 58.4. The van der Waals surface area contributed by atoms with Gasteiger partial charge in [0.15, 0.2) is 9.84 Å². The summed E-state index contributed by atoms with van der Waals surface area (Å²) in [6, 6.07) is 9.27. The lowest BCUT2D eigenvalue weighted by Gasteiger charge is -2.25. The lowest BCUT2D eigenvalue weighted by molar-refractivity contribution is -0.118. The minimum absolute atomic E-state index is 0.0962. The fourth-order valence-corrected chi connectivity index (χ4v) is 19.8. The number of hydrogen-bond donors (Lipinski definition) is 0. The fraction of sp³-hybridized carbons (Fsp3) is 0.425. The van der Waals surface area contributed by atoms with Crippen LogP contribution in [0.5, 0.6) is 0 Å². The Labute approximate surface area is 711 Å². The van der Waals surface area contributed by atoms with Crippen molar-refractivity contribution in [2.75, 3.05) is 23.0 Å². The summed E-state index contributed by atoms with van der Waals surface area (Å²) in [5, 5.41) is 53.9. The lowest BCUT2D eigenvalue weighted by atomic mass is 10.1. The Kier molecular flexibility index (Phi) is 23.8. The van der Waals surface area contributed by atoms with Gasteiger partial charge in [-0.1, -0.05) is 48.5 Å². The van der Waals surface area contributed by atoms with Gasteiger partial charge in [-0.2, -0.15) is 61.2 Å². The number of hydrogen-bond acceptors (Lipinski definition) is 22. The predicted octanol–water partition coefficient (Wildman–Crippen LogP) is 14.3. The summed E-state index contributed by atoms with van der Waals surface area (Å²) < 4.78 is 69.3. The standard InChI is InChI=1S/2C23H27N7O.C21H25N7O2S.C20H23N7O2S/c2*1-3-19(4-2)29-14-18(11-26-29)23-22-7-8-24-30(22)15-21(27-23)17-10-25-28(13-17)12-16-5-6-20(31)9-16;1-3-15(2)26-13-17(11-23-26)21-20-4-7-22-28(20)14-19(25-21)16-10-24-27(12-16)18-5-8-31(29,30)9-6-18;1-3-16(4-2)25-10-15(8-23-25)20-19-5-6-21-27(19)11-18(24-20)14-7-22-26(9-14)17-12-30(28,29)13-17/h2*7-8,10-11,13-16,19H,3-6,9,12H2,1-2H3;4,7,10-15,18H,3,5-6,8-9H2,1-2H3;5-11,16-17H,3-4,12-13H2,1-2H3/t2*16-;15-;/m101./s1. The molecule has 2 aliphatic heterocycles. The first-order valence-electron chi connectivity index (χ1n) is 42.8. The van der Waals surface area contributed by atoms with Crippen LogP contribution >= 0.6 is 0 Å². The third-order valence-corrected chi connectivity index (χ3v) is 28.0. The van der Waals surface area contributed by atoms with Gasteiger partial charge in [0.05, 0.1) is 220 Å². The number of fused-ring (bicyclic) bond motifs is 4. The Hall–Kier alpha value is -12.6. The Balaban J connectivity index is 0.000000116. The molecule has 2 saturated heterocycles. The molecular weight excluding hydrogens is 1600 g/mol. The molecule has 123 heavy (non-hydrogen) atoms. The number of carbonyl (C=O) groups is 2. The number of Topliss-reactive ketones (excluding diaryl/α,β-unsaturated/α-hetero) is 2. The molecule has 3 atom stereocenters. The molecule has 0 amide bonds. The van der Waals surface area contributed by atoms with E-state index >= 15 is 0 Å². The molecule has 4 fully saturated rings. The summed E-state index contributed by atoms with van der Waals surface area (Å²) in [7, 11) is -5.81. The quantitative estimate of drug-likeness (QED) is 0.0513. The number of rotatable bonds is 25. The van der Waals surface area contributed by atoms with Crippen LogP contribution in [0.2, 0.25) is 0 Å². The van der Waals surface area contributed by atoms with Crippen molar-refractivity contribution >= 4 is 53.3 Å². The van der Waals surface area contributed by atoms with Gasteiger partial charge < -0.3 is 0 Å². The summed E-state index contributed by atoms with van der Waals surface area (Å²) in [5.41, 5.74) is 17.6. The second-order valence-corrected chi connectivity index (χ2v) is 37.2. The van der Waals surface area contributed by atoms with E-state index in [0.29, 0.717) is 86.1 Å². The molecule has 18 heterocycles. The van der Waals surface area contributed by atoms with Crippen molar-refractivity contribution in [1.29, 1.82) is 0 Å². The topological polar surface area (TPSA) is 366 Å². The van der Waals surface area contributed by atoms with Crippen LogP contribution in [0.3, 0.4) is 0 Å². The molecular formula is C87H102N28O6S2. The first-order valence-corrected chi connectivity index (χ1v) is 46.5. The van der Waals surface area contributed by atoms with E-state index < -0.39 is 19.7 Å². The van der Waals surface area contributed by atoms with E-state index in [2.05, 4.69) is 129 Å². The Morgan fingerprint density at radius 2 is 0.659 bits per heavy atom. The van der Waals surface area contributed by atoms with E-state index in [9.17, 15) is 26.4 Å². The summed E-state index contributed by atoms with van der Waals surface area (Å²) in [5.74, 6) is 2.20. The van der Waals surface area contributed by atoms with Crippen molar-refractivity contribution in [3.05, 3.63) is 173 Å². The molecule has 2 aliphatic carbocycles. The van der Waals surface area contributed by atoms with Crippen molar-refractivity contribution < 1.29 is 26.4 Å². The van der Waals surface area contributed by atoms with Gasteiger partial charge in [-0.25, -0.2) is 54.8 Å². The monoisotopic (exact) mass is 1700 g/mol. The van der Waals surface area contributed by atoms with Gasteiger partial charge in [-0.15, -0.1) is 0 Å². The summed E-state index contributed by atoms with van der Waals surface area (Å²) >= 11 is 0. The Morgan fingerprint density at radius 3 is 0.984 bits per heavy atom. The normalized spacial score (nSPS) is 16.9. The average Bonchev–Trinajstić information content (AvgIpc) is 1.63. The van der Waals surface area contributed by atoms with Gasteiger partial charge in [0, 0.05) is 139 Å². The highest BCUT2D eigenvalue weighted by atomic mass is 32.2. The highest BCUT2D eigenvalue weighted by molar-refractivity contribution is 7.92. The molecule has 4 aliphatic rings. The molecule has 0 N–H and O–H groups in total. The summed E-state index contributed by atoms with van der Waals surface area (Å²) in [6.45, 7) is 18.9. The van der Waals surface area contributed by atoms with E-state index in [0.717, 1.165) is 183 Å². The maximum Gasteiger partial charge on any atom is 0.154 e. The van der Waals surface area contributed by atoms with Crippen LogP contribution in [0.1, 0.15) is 188 Å². The maximum absolute atomic E-state index is 11.7. The molecule has 16 aromatic rings. The Bertz CT molecular complexity index is 6450. The highest BCUT2D eigenvalue weighted by Gasteiger charge is 2.36. The summed E-state index contributed by atoms with van der Waals surface area (Å²) in [4.78, 5) is 42.9. The second kappa shape index (κ2) is 35.5. The Morgan fingerprint density at radius 1 is 0.341 bits per heavy atom. The second-order valence-electron chi connectivity index (χ2n) is 32.8. The van der Waals surface area contributed by atoms with E-state index in [1.54, 1.807) is 46.4 Å². The molecule has 2 saturated carbocycles. The van der Waals surface area contributed by atoms with Crippen LogP contribution in [0, 0.1) is 11.8 Å². The zero-order valence-corrected chi connectivity index (χ0v) is 72.1. The zero-order valence-electron chi connectivity index (χ0n) is 70.4. The van der Waals surface area contributed by atoms with Crippen molar-refractivity contribution in [2.24, 2.45) is 11.8 Å². The molecule has 0 spiro atoms. The van der Waals surface area contributed by atoms with E-state index in [1.165, 1.54) is 0 Å². The van der Waals surface area contributed by atoms with E-state index in [4.69, 9.17) is 19.9 Å². The minimum atomic E-state index is -2.91. The largest absolute Gasteiger partial charge is 0.300 e. The molecule has 0 radical (unpaired) electrons. The predicted molar refractivity (Wildman–Crippen MR) is 465 cm³/mol. The van der Waals surface area contributed by atoms with Crippen molar-refractivity contribution in [2.45, 2.75) is 201 Å². The lowest BCUT2D eigenvalue weighted by Crippen LogP contribution is -2.38. The molecule has 34 nitrogen and oxygen atoms in total. The van der Waals surface area contributed by atoms with Crippen molar-refractivity contribution in [3.63, 3.8) is 0 Å². The van der Waals surface area contributed by atoms with Gasteiger partial charge in [0.1, 0.15) is 21.4 Å². The number of nitrogens with zero attached hydrogens (tertiary/aromatic N) is 28. The fourth-order valence-electron chi connectivity index (χ4n) is 17.0. The third-order valence-electron chi connectivity index (χ3n) is 24.5. The van der Waals surface area contributed by atoms with Crippen LogP contribution in [0.15, 0.2) is 173 Å². The first kappa shape index (κ1) is 82.7. The van der Waals surface area contributed by atoms with Gasteiger partial charge in [-0.3, -0.25) is 47.0 Å². The van der Waals surface area contributed by atoms with Crippen LogP contribution in [0.4, 0.5) is 0 Å². The first-order chi connectivity index (χ1) is 59.7. The molecule has 20 rings (SSSR count). The molecule has 0 aromatic carbocycles. The van der Waals surface area contributed by atoms with Crippen LogP contribution in [0.25, 0.3) is 112 Å². The SMILES string of the molecule is CCC(CC)n1cc(-c2nc(-c3cnn(C4CS(=O)(=O)C4)c3)cn3nccc23)cn1.CCC(CC)n1cc(-c2nc(-c3cnn(C[C@@H]4CCC(=O)C4)c3)cn3nccc23)cn1.CCC(CC)n1cc(-c2nc(-c3cnn(C[C@H]4CCC(=O)C4)c3)cn3nccc23)cn1.CC[C@@H](C)n1cc(-c2nc(-c3cnn(C4CCS(=O)(=O)CC4)c3)cn3nccc23)cn1. The zero-order chi connectivity index (χ0) is 85.2. The molecule has 0 unspecified atom stereocenters. The molecule has 0 bridgehead atoms. The minimum Gasteiger partial charge on any atom is -0.300 e. The average molecular weight is 1700 g/mol. The van der Waals surface area contributed by atoms with Gasteiger partial charge in [0.25, 0.3) is 0 Å². The van der Waals surface area contributed by atoms with Crippen LogP contribution < -0.4 is 0 Å². The third kappa shape index (κ3) is 17.9.